The maximum Gasteiger partial charge on any atom is 0.174 e. The van der Waals surface area contributed by atoms with Gasteiger partial charge in [-0.2, -0.15) is 0 Å². The Kier molecular flexibility index (Phi) is 5.04. The first kappa shape index (κ1) is 19.5. The van der Waals surface area contributed by atoms with Gasteiger partial charge in [0.05, 0.1) is 17.8 Å². The lowest BCUT2D eigenvalue weighted by atomic mass is 9.96. The largest absolute Gasteiger partial charge is 0.378 e. The zero-order valence-electron chi connectivity index (χ0n) is 17.5. The molecule has 1 aliphatic rings. The van der Waals surface area contributed by atoms with Gasteiger partial charge in [-0.3, -0.25) is 4.98 Å². The van der Waals surface area contributed by atoms with Crippen LogP contribution in [-0.4, -0.2) is 28.8 Å². The average Bonchev–Trinajstić information content (AvgIpc) is 3.20. The van der Waals surface area contributed by atoms with Crippen molar-refractivity contribution < 1.29 is 0 Å². The van der Waals surface area contributed by atoms with Gasteiger partial charge in [0.25, 0.3) is 0 Å². The number of thiocarbonyl (C=S) groups is 1. The Hall–Kier alpha value is -2.86. The minimum atomic E-state index is -0.0160. The molecule has 2 atom stereocenters. The van der Waals surface area contributed by atoms with Crippen LogP contribution in [0.4, 0.5) is 11.4 Å². The van der Waals surface area contributed by atoms with Crippen molar-refractivity contribution in [2.45, 2.75) is 25.9 Å². The average molecular weight is 406 g/mol. The van der Waals surface area contributed by atoms with Crippen LogP contribution in [0.15, 0.2) is 54.7 Å². The van der Waals surface area contributed by atoms with E-state index < -0.39 is 0 Å². The molecule has 6 heteroatoms. The Labute approximate surface area is 178 Å². The van der Waals surface area contributed by atoms with Crippen LogP contribution in [0.2, 0.25) is 0 Å². The van der Waals surface area contributed by atoms with Crippen molar-refractivity contribution in [2.24, 2.45) is 7.05 Å². The Morgan fingerprint density at radius 2 is 1.79 bits per heavy atom. The van der Waals surface area contributed by atoms with Crippen LogP contribution in [-0.2, 0) is 7.05 Å². The fourth-order valence-corrected chi connectivity index (χ4v) is 4.39. The molecule has 0 amide bonds. The molecule has 1 saturated heterocycles. The van der Waals surface area contributed by atoms with E-state index in [9.17, 15) is 0 Å². The number of aryl methyl sites for hydroxylation is 1. The summed E-state index contributed by atoms with van der Waals surface area (Å²) in [7, 11) is 6.21. The lowest BCUT2D eigenvalue weighted by Crippen LogP contribution is -2.29. The number of aromatic nitrogens is 2. The Balaban J connectivity index is 1.84. The molecule has 0 radical (unpaired) electrons. The van der Waals surface area contributed by atoms with Crippen LogP contribution in [0.3, 0.4) is 0 Å². The zero-order chi connectivity index (χ0) is 20.7. The molecule has 0 spiro atoms. The number of rotatable bonds is 4. The summed E-state index contributed by atoms with van der Waals surface area (Å²) in [6, 6.07) is 16.9. The van der Waals surface area contributed by atoms with Gasteiger partial charge in [-0.05, 0) is 74.1 Å². The molecular weight excluding hydrogens is 378 g/mol. The SMILES string of the molecule is Cc1cc([C@H]2[C@@H](c3ccccn3)NC(=S)N2c2ccc(N(C)C)cc2)c(C)n1C. The van der Waals surface area contributed by atoms with E-state index in [0.717, 1.165) is 22.2 Å². The van der Waals surface area contributed by atoms with E-state index >= 15 is 0 Å². The minimum Gasteiger partial charge on any atom is -0.378 e. The Morgan fingerprint density at radius 3 is 2.34 bits per heavy atom. The fraction of sp³-hybridized carbons (Fsp3) is 0.304. The van der Waals surface area contributed by atoms with Crippen molar-refractivity contribution in [3.63, 3.8) is 0 Å². The molecule has 1 N–H and O–H groups in total. The van der Waals surface area contributed by atoms with Gasteiger partial charge in [0, 0.05) is 50.1 Å². The lowest BCUT2D eigenvalue weighted by Gasteiger charge is -2.28. The quantitative estimate of drug-likeness (QED) is 0.656. The Bertz CT molecular complexity index is 1020. The highest BCUT2D eigenvalue weighted by Gasteiger charge is 2.42. The normalized spacial score (nSPS) is 18.8. The van der Waals surface area contributed by atoms with Gasteiger partial charge in [0.2, 0.25) is 0 Å². The number of hydrogen-bond acceptors (Lipinski definition) is 3. The molecule has 2 aromatic heterocycles. The summed E-state index contributed by atoms with van der Waals surface area (Å²) in [5, 5.41) is 4.26. The molecule has 1 aromatic carbocycles. The van der Waals surface area contributed by atoms with E-state index in [1.54, 1.807) is 0 Å². The third-order valence-corrected chi connectivity index (χ3v) is 6.19. The van der Waals surface area contributed by atoms with Gasteiger partial charge in [-0.1, -0.05) is 6.07 Å². The number of nitrogens with one attached hydrogen (secondary N) is 1. The van der Waals surface area contributed by atoms with Gasteiger partial charge in [0.1, 0.15) is 0 Å². The predicted molar refractivity (Wildman–Crippen MR) is 124 cm³/mol. The molecule has 1 aliphatic heterocycles. The molecule has 0 saturated carbocycles. The van der Waals surface area contributed by atoms with Crippen LogP contribution in [0, 0.1) is 13.8 Å². The molecule has 4 rings (SSSR count). The van der Waals surface area contributed by atoms with Gasteiger partial charge < -0.3 is 19.7 Å². The summed E-state index contributed by atoms with van der Waals surface area (Å²) in [5.41, 5.74) is 6.99. The predicted octanol–water partition coefficient (Wildman–Crippen LogP) is 4.28. The van der Waals surface area contributed by atoms with Crippen molar-refractivity contribution in [3.8, 4) is 0 Å². The summed E-state index contributed by atoms with van der Waals surface area (Å²) < 4.78 is 2.24. The Morgan fingerprint density at radius 1 is 1.07 bits per heavy atom. The third-order valence-electron chi connectivity index (χ3n) is 5.88. The fourth-order valence-electron chi connectivity index (χ4n) is 4.04. The molecule has 0 bridgehead atoms. The first-order valence-electron chi connectivity index (χ1n) is 9.79. The second-order valence-corrected chi connectivity index (χ2v) is 8.18. The highest BCUT2D eigenvalue weighted by molar-refractivity contribution is 7.80. The van der Waals surface area contributed by atoms with Crippen molar-refractivity contribution in [1.29, 1.82) is 0 Å². The highest BCUT2D eigenvalue weighted by atomic mass is 32.1. The second-order valence-electron chi connectivity index (χ2n) is 7.79. The van der Waals surface area contributed by atoms with E-state index in [4.69, 9.17) is 12.2 Å². The van der Waals surface area contributed by atoms with E-state index in [-0.39, 0.29) is 12.1 Å². The summed E-state index contributed by atoms with van der Waals surface area (Å²) in [5.74, 6) is 0. The van der Waals surface area contributed by atoms with Crippen LogP contribution in [0.1, 0.15) is 34.7 Å². The van der Waals surface area contributed by atoms with Gasteiger partial charge >= 0.3 is 0 Å². The van der Waals surface area contributed by atoms with Gasteiger partial charge in [0.15, 0.2) is 5.11 Å². The van der Waals surface area contributed by atoms with Crippen LogP contribution in [0.25, 0.3) is 0 Å². The maximum absolute atomic E-state index is 5.81. The van der Waals surface area contributed by atoms with Crippen LogP contribution >= 0.6 is 12.2 Å². The summed E-state index contributed by atoms with van der Waals surface area (Å²) in [4.78, 5) is 8.97. The van der Waals surface area contributed by atoms with Crippen molar-refractivity contribution in [2.75, 3.05) is 23.9 Å². The third kappa shape index (κ3) is 3.38. The lowest BCUT2D eigenvalue weighted by molar-refractivity contribution is 0.564. The molecule has 5 nitrogen and oxygen atoms in total. The van der Waals surface area contributed by atoms with Crippen molar-refractivity contribution in [3.05, 3.63) is 77.4 Å². The molecule has 29 heavy (non-hydrogen) atoms. The minimum absolute atomic E-state index is 0.0160. The van der Waals surface area contributed by atoms with Gasteiger partial charge in [-0.25, -0.2) is 0 Å². The number of benzene rings is 1. The number of nitrogens with zero attached hydrogens (tertiary/aromatic N) is 4. The van der Waals surface area contributed by atoms with Crippen molar-refractivity contribution in [1.82, 2.24) is 14.9 Å². The standard InChI is InChI=1S/C23H27N5S/c1-15-14-19(16(2)27(15)5)22-21(20-8-6-7-13-24-20)25-23(29)28(22)18-11-9-17(10-12-18)26(3)4/h6-14,21-22H,1-5H3,(H,25,29)/t21-,22+/m1/s1. The van der Waals surface area contributed by atoms with Crippen molar-refractivity contribution >= 4 is 28.7 Å². The topological polar surface area (TPSA) is 36.3 Å². The first-order chi connectivity index (χ1) is 13.9. The van der Waals surface area contributed by atoms with Crippen LogP contribution in [0.5, 0.6) is 0 Å². The number of pyridine rings is 1. The first-order valence-corrected chi connectivity index (χ1v) is 10.2. The molecule has 3 heterocycles. The molecule has 0 aliphatic carbocycles. The summed E-state index contributed by atoms with van der Waals surface area (Å²) in [6.07, 6.45) is 1.84. The number of hydrogen-bond donors (Lipinski definition) is 1. The molecular formula is C23H27N5S. The van der Waals surface area contributed by atoms with Crippen LogP contribution < -0.4 is 15.1 Å². The number of anilines is 2. The second kappa shape index (κ2) is 7.52. The maximum atomic E-state index is 5.81. The van der Waals surface area contributed by atoms with E-state index in [0.29, 0.717) is 0 Å². The van der Waals surface area contributed by atoms with E-state index in [2.05, 4.69) is 82.0 Å². The van der Waals surface area contributed by atoms with E-state index in [1.165, 1.54) is 17.0 Å². The monoisotopic (exact) mass is 405 g/mol. The summed E-state index contributed by atoms with van der Waals surface area (Å²) in [6.45, 7) is 4.32. The molecule has 150 valence electrons. The molecule has 1 fully saturated rings. The molecule has 0 unspecified atom stereocenters. The smallest absolute Gasteiger partial charge is 0.174 e. The zero-order valence-corrected chi connectivity index (χ0v) is 18.4. The van der Waals surface area contributed by atoms with E-state index in [1.807, 2.05) is 32.4 Å². The summed E-state index contributed by atoms with van der Waals surface area (Å²) >= 11 is 5.81. The van der Waals surface area contributed by atoms with Gasteiger partial charge in [-0.15, -0.1) is 0 Å². The highest BCUT2D eigenvalue weighted by Crippen LogP contribution is 2.43. The molecule has 3 aromatic rings.